The molecule has 2 aromatic rings. The smallest absolute Gasteiger partial charge is 0.406 e. The molecule has 0 aliphatic rings. The number of hydrogen-bond acceptors (Lipinski definition) is 5. The van der Waals surface area contributed by atoms with Gasteiger partial charge in [0.15, 0.2) is 0 Å². The Hall–Kier alpha value is -2.09. The Balaban J connectivity index is 2.01. The maximum Gasteiger partial charge on any atom is 0.416 e. The van der Waals surface area contributed by atoms with Crippen LogP contribution in [0.3, 0.4) is 0 Å². The highest BCUT2D eigenvalue weighted by atomic mass is 19.4. The predicted molar refractivity (Wildman–Crippen MR) is 66.4 cm³/mol. The zero-order valence-electron chi connectivity index (χ0n) is 10.7. The van der Waals surface area contributed by atoms with Gasteiger partial charge in [0.05, 0.1) is 12.1 Å². The van der Waals surface area contributed by atoms with E-state index in [1.807, 2.05) is 6.92 Å². The first-order valence-corrected chi connectivity index (χ1v) is 5.96. The maximum atomic E-state index is 12.4. The fourth-order valence-corrected chi connectivity index (χ4v) is 1.47. The van der Waals surface area contributed by atoms with Crippen molar-refractivity contribution in [2.24, 2.45) is 0 Å². The van der Waals surface area contributed by atoms with Gasteiger partial charge in [0.1, 0.15) is 0 Å². The Labute approximate surface area is 113 Å². The molecule has 0 saturated carbocycles. The van der Waals surface area contributed by atoms with Gasteiger partial charge in [0, 0.05) is 5.69 Å². The van der Waals surface area contributed by atoms with Crippen molar-refractivity contribution in [3.8, 4) is 0 Å². The predicted octanol–water partition coefficient (Wildman–Crippen LogP) is 2.94. The van der Waals surface area contributed by atoms with Crippen LogP contribution in [0.5, 0.6) is 0 Å². The van der Waals surface area contributed by atoms with Crippen molar-refractivity contribution in [3.05, 3.63) is 35.7 Å². The topological polar surface area (TPSA) is 63.0 Å². The van der Waals surface area contributed by atoms with Gasteiger partial charge >= 0.3 is 12.2 Å². The van der Waals surface area contributed by atoms with Crippen LogP contribution in [0, 0.1) is 0 Å². The van der Waals surface area contributed by atoms with E-state index in [0.717, 1.165) is 18.7 Å². The summed E-state index contributed by atoms with van der Waals surface area (Å²) in [7, 11) is 0. The highest BCUT2D eigenvalue weighted by molar-refractivity contribution is 5.52. The average molecular weight is 286 g/mol. The van der Waals surface area contributed by atoms with Crippen molar-refractivity contribution in [2.75, 3.05) is 11.9 Å². The molecule has 108 valence electrons. The van der Waals surface area contributed by atoms with Crippen LogP contribution >= 0.6 is 0 Å². The third-order valence-electron chi connectivity index (χ3n) is 2.46. The summed E-state index contributed by atoms with van der Waals surface area (Å²) >= 11 is 0. The molecule has 0 radical (unpaired) electrons. The zero-order chi connectivity index (χ0) is 14.6. The van der Waals surface area contributed by atoms with Gasteiger partial charge in [-0.1, -0.05) is 12.0 Å². The molecule has 5 nitrogen and oxygen atoms in total. The second-order valence-electron chi connectivity index (χ2n) is 3.98. The van der Waals surface area contributed by atoms with Gasteiger partial charge in [-0.05, 0) is 30.8 Å². The normalized spacial score (nSPS) is 11.6. The number of nitrogens with one attached hydrogen (secondary N) is 2. The van der Waals surface area contributed by atoms with Crippen molar-refractivity contribution >= 4 is 11.7 Å². The molecular weight excluding hydrogens is 273 g/mol. The van der Waals surface area contributed by atoms with Gasteiger partial charge in [-0.15, -0.1) is 5.10 Å². The Morgan fingerprint density at radius 2 is 1.85 bits per heavy atom. The summed E-state index contributed by atoms with van der Waals surface area (Å²) in [6.45, 7) is 3.15. The van der Waals surface area contributed by atoms with E-state index in [-0.39, 0.29) is 6.01 Å². The van der Waals surface area contributed by atoms with Crippen LogP contribution < -0.4 is 10.6 Å². The number of halogens is 3. The molecule has 0 spiro atoms. The minimum atomic E-state index is -4.35. The van der Waals surface area contributed by atoms with Crippen LogP contribution in [0.4, 0.5) is 24.9 Å². The molecule has 0 atom stereocenters. The number of hydrogen-bond donors (Lipinski definition) is 2. The molecule has 1 aromatic carbocycles. The number of alkyl halides is 3. The molecule has 1 aromatic heterocycles. The molecule has 0 amide bonds. The lowest BCUT2D eigenvalue weighted by Crippen LogP contribution is -2.11. The third-order valence-corrected chi connectivity index (χ3v) is 2.46. The van der Waals surface area contributed by atoms with Crippen LogP contribution in [0.2, 0.25) is 0 Å². The molecule has 2 N–H and O–H groups in total. The molecule has 0 aliphatic carbocycles. The van der Waals surface area contributed by atoms with E-state index in [9.17, 15) is 13.2 Å². The number of nitrogens with zero attached hydrogens (tertiary/aromatic N) is 2. The molecule has 2 rings (SSSR count). The Morgan fingerprint density at radius 3 is 2.45 bits per heavy atom. The van der Waals surface area contributed by atoms with Crippen LogP contribution in [-0.4, -0.2) is 16.7 Å². The molecule has 0 aliphatic heterocycles. The van der Waals surface area contributed by atoms with Crippen molar-refractivity contribution < 1.29 is 17.6 Å². The van der Waals surface area contributed by atoms with Gasteiger partial charge < -0.3 is 15.1 Å². The van der Waals surface area contributed by atoms with Crippen molar-refractivity contribution in [3.63, 3.8) is 0 Å². The number of aromatic nitrogens is 2. The van der Waals surface area contributed by atoms with E-state index in [4.69, 9.17) is 4.42 Å². The lowest BCUT2D eigenvalue weighted by Gasteiger charge is -2.07. The molecule has 0 saturated heterocycles. The molecule has 8 heteroatoms. The number of benzene rings is 1. The van der Waals surface area contributed by atoms with Gasteiger partial charge in [-0.2, -0.15) is 13.2 Å². The van der Waals surface area contributed by atoms with Crippen LogP contribution in [0.15, 0.2) is 28.7 Å². The summed E-state index contributed by atoms with van der Waals surface area (Å²) in [5.74, 6) is 0.404. The van der Waals surface area contributed by atoms with Crippen LogP contribution in [0.25, 0.3) is 0 Å². The lowest BCUT2D eigenvalue weighted by molar-refractivity contribution is -0.137. The Kier molecular flexibility index (Phi) is 4.23. The van der Waals surface area contributed by atoms with E-state index in [1.54, 1.807) is 0 Å². The quantitative estimate of drug-likeness (QED) is 0.884. The minimum absolute atomic E-state index is 0.137. The first kappa shape index (κ1) is 14.3. The highest BCUT2D eigenvalue weighted by Crippen LogP contribution is 2.30. The monoisotopic (exact) mass is 286 g/mol. The minimum Gasteiger partial charge on any atom is -0.406 e. The first-order valence-electron chi connectivity index (χ1n) is 5.96. The fourth-order valence-electron chi connectivity index (χ4n) is 1.47. The fraction of sp³-hybridized carbons (Fsp3) is 0.333. The largest absolute Gasteiger partial charge is 0.416 e. The Morgan fingerprint density at radius 1 is 1.15 bits per heavy atom. The third kappa shape index (κ3) is 3.70. The van der Waals surface area contributed by atoms with E-state index < -0.39 is 11.7 Å². The number of rotatable bonds is 5. The zero-order valence-corrected chi connectivity index (χ0v) is 10.7. The van der Waals surface area contributed by atoms with Gasteiger partial charge in [0.2, 0.25) is 5.89 Å². The molecule has 0 bridgehead atoms. The molecule has 1 heterocycles. The lowest BCUT2D eigenvalue weighted by atomic mass is 10.2. The second kappa shape index (κ2) is 5.91. The van der Waals surface area contributed by atoms with Gasteiger partial charge in [0.25, 0.3) is 0 Å². The second-order valence-corrected chi connectivity index (χ2v) is 3.98. The maximum absolute atomic E-state index is 12.4. The van der Waals surface area contributed by atoms with Crippen molar-refractivity contribution in [1.29, 1.82) is 0 Å². The van der Waals surface area contributed by atoms with Gasteiger partial charge in [-0.25, -0.2) is 0 Å². The summed E-state index contributed by atoms with van der Waals surface area (Å²) in [5, 5.41) is 13.3. The van der Waals surface area contributed by atoms with E-state index in [1.165, 1.54) is 12.1 Å². The molecule has 0 fully saturated rings. The SMILES string of the molecule is CCNCc1nnc(Nc2ccc(C(F)(F)F)cc2)o1. The van der Waals surface area contributed by atoms with E-state index in [2.05, 4.69) is 20.8 Å². The van der Waals surface area contributed by atoms with Crippen LogP contribution in [0.1, 0.15) is 18.4 Å². The summed E-state index contributed by atoms with van der Waals surface area (Å²) in [6.07, 6.45) is -4.35. The average Bonchev–Trinajstić information content (AvgIpc) is 2.83. The molecule has 0 unspecified atom stereocenters. The van der Waals surface area contributed by atoms with Crippen LogP contribution in [-0.2, 0) is 12.7 Å². The summed E-state index contributed by atoms with van der Waals surface area (Å²) < 4.78 is 42.5. The highest BCUT2D eigenvalue weighted by Gasteiger charge is 2.29. The molecule has 20 heavy (non-hydrogen) atoms. The standard InChI is InChI=1S/C12H13F3N4O/c1-2-16-7-10-18-19-11(20-10)17-9-5-3-8(4-6-9)12(13,14)15/h3-6,16H,2,7H2,1H3,(H,17,19). The van der Waals surface area contributed by atoms with Crippen molar-refractivity contribution in [2.45, 2.75) is 19.6 Å². The summed E-state index contributed by atoms with van der Waals surface area (Å²) in [6, 6.07) is 4.71. The van der Waals surface area contributed by atoms with Gasteiger partial charge in [-0.3, -0.25) is 0 Å². The first-order chi connectivity index (χ1) is 9.49. The van der Waals surface area contributed by atoms with E-state index in [0.29, 0.717) is 18.1 Å². The summed E-state index contributed by atoms with van der Waals surface area (Å²) in [5.41, 5.74) is -0.266. The molecular formula is C12H13F3N4O. The van der Waals surface area contributed by atoms with Crippen molar-refractivity contribution in [1.82, 2.24) is 15.5 Å². The van der Waals surface area contributed by atoms with E-state index >= 15 is 0 Å². The Bertz CT molecular complexity index is 551. The number of anilines is 2. The summed E-state index contributed by atoms with van der Waals surface area (Å²) in [4.78, 5) is 0.